The molecule has 0 bridgehead atoms. The fourth-order valence-corrected chi connectivity index (χ4v) is 3.82. The van der Waals surface area contributed by atoms with Crippen LogP contribution in [0, 0.1) is 6.92 Å². The minimum Gasteiger partial charge on any atom is -0.497 e. The van der Waals surface area contributed by atoms with Crippen molar-refractivity contribution in [3.8, 4) is 22.6 Å². The predicted octanol–water partition coefficient (Wildman–Crippen LogP) is 5.79. The summed E-state index contributed by atoms with van der Waals surface area (Å²) in [6.45, 7) is 4.16. The van der Waals surface area contributed by atoms with Gasteiger partial charge in [-0.1, -0.05) is 12.1 Å². The number of methoxy groups -OCH3 is 2. The highest BCUT2D eigenvalue weighted by molar-refractivity contribution is 6.06. The van der Waals surface area contributed by atoms with Crippen molar-refractivity contribution in [3.63, 3.8) is 0 Å². The number of halogens is 3. The van der Waals surface area contributed by atoms with E-state index in [9.17, 15) is 13.2 Å². The molecule has 0 aliphatic rings. The fraction of sp³-hybridized carbons (Fsp3) is 0.375. The van der Waals surface area contributed by atoms with Gasteiger partial charge in [0.05, 0.1) is 25.4 Å². The molecule has 3 rings (SSSR count). The zero-order chi connectivity index (χ0) is 23.5. The lowest BCUT2D eigenvalue weighted by Gasteiger charge is -2.22. The van der Waals surface area contributed by atoms with Crippen LogP contribution >= 0.6 is 0 Å². The maximum absolute atomic E-state index is 13.6. The van der Waals surface area contributed by atoms with E-state index in [0.29, 0.717) is 40.2 Å². The molecule has 1 aromatic heterocycles. The van der Waals surface area contributed by atoms with Crippen LogP contribution in [0.4, 0.5) is 18.9 Å². The van der Waals surface area contributed by atoms with Crippen LogP contribution in [0.15, 0.2) is 36.4 Å². The predicted molar refractivity (Wildman–Crippen MR) is 121 cm³/mol. The van der Waals surface area contributed by atoms with E-state index in [2.05, 4.69) is 10.3 Å². The van der Waals surface area contributed by atoms with Crippen molar-refractivity contribution in [1.29, 1.82) is 0 Å². The monoisotopic (exact) mass is 447 g/mol. The number of benzene rings is 2. The Hall–Kier alpha value is -3.00. The summed E-state index contributed by atoms with van der Waals surface area (Å²) in [5.74, 6) is 1.16. The van der Waals surface area contributed by atoms with E-state index in [1.165, 1.54) is 0 Å². The number of nitrogens with zero attached hydrogens (tertiary/aromatic N) is 1. The fourth-order valence-electron chi connectivity index (χ4n) is 3.82. The average molecular weight is 448 g/mol. The lowest BCUT2D eigenvalue weighted by atomic mass is 9.94. The Kier molecular flexibility index (Phi) is 7.13. The molecule has 1 unspecified atom stereocenters. The highest BCUT2D eigenvalue weighted by Crippen LogP contribution is 2.44. The van der Waals surface area contributed by atoms with E-state index in [4.69, 9.17) is 15.2 Å². The van der Waals surface area contributed by atoms with Gasteiger partial charge in [0.2, 0.25) is 0 Å². The molecular weight excluding hydrogens is 419 g/mol. The van der Waals surface area contributed by atoms with E-state index in [1.54, 1.807) is 33.3 Å². The SMILES string of the molecule is COc1cccc(-c2c(OC)cc(NC(C)CCCN)c3nc(C(F)(F)F)cc(C)c23)c1. The number of anilines is 1. The van der Waals surface area contributed by atoms with Gasteiger partial charge in [0.15, 0.2) is 0 Å². The van der Waals surface area contributed by atoms with Crippen LogP contribution < -0.4 is 20.5 Å². The van der Waals surface area contributed by atoms with Crippen molar-refractivity contribution in [2.24, 2.45) is 5.73 Å². The van der Waals surface area contributed by atoms with Crippen molar-refractivity contribution in [2.75, 3.05) is 26.1 Å². The Morgan fingerprint density at radius 2 is 1.88 bits per heavy atom. The number of rotatable bonds is 8. The molecule has 0 aliphatic heterocycles. The Morgan fingerprint density at radius 1 is 1.12 bits per heavy atom. The number of aromatic nitrogens is 1. The third kappa shape index (κ3) is 4.91. The van der Waals surface area contributed by atoms with Gasteiger partial charge in [0.1, 0.15) is 17.2 Å². The van der Waals surface area contributed by atoms with Crippen molar-refractivity contribution in [3.05, 3.63) is 47.7 Å². The molecule has 0 fully saturated rings. The lowest BCUT2D eigenvalue weighted by Crippen LogP contribution is -2.18. The van der Waals surface area contributed by atoms with Gasteiger partial charge >= 0.3 is 6.18 Å². The molecular formula is C24H28F3N3O2. The smallest absolute Gasteiger partial charge is 0.433 e. The largest absolute Gasteiger partial charge is 0.497 e. The summed E-state index contributed by atoms with van der Waals surface area (Å²) < 4.78 is 51.8. The summed E-state index contributed by atoms with van der Waals surface area (Å²) in [5.41, 5.74) is 7.30. The molecule has 1 atom stereocenters. The molecule has 0 spiro atoms. The van der Waals surface area contributed by atoms with Gasteiger partial charge in [-0.05, 0) is 62.6 Å². The van der Waals surface area contributed by atoms with E-state index in [-0.39, 0.29) is 11.6 Å². The Balaban J connectivity index is 2.33. The number of nitrogens with two attached hydrogens (primary N) is 1. The number of nitrogens with one attached hydrogen (secondary N) is 1. The van der Waals surface area contributed by atoms with E-state index < -0.39 is 11.9 Å². The van der Waals surface area contributed by atoms with Crippen molar-refractivity contribution >= 4 is 16.6 Å². The second-order valence-electron chi connectivity index (χ2n) is 7.76. The number of fused-ring (bicyclic) bond motifs is 1. The summed E-state index contributed by atoms with van der Waals surface area (Å²) in [6.07, 6.45) is -2.99. The molecule has 8 heteroatoms. The standard InChI is InChI=1S/C24H28F3N3O2/c1-14-11-20(24(25,26)27)30-23-18(29-15(2)7-6-10-28)13-19(32-4)22(21(14)23)16-8-5-9-17(12-16)31-3/h5,8-9,11-13,15,29H,6-7,10,28H2,1-4H3. The second-order valence-corrected chi connectivity index (χ2v) is 7.76. The highest BCUT2D eigenvalue weighted by Gasteiger charge is 2.34. The first-order valence-electron chi connectivity index (χ1n) is 10.4. The van der Waals surface area contributed by atoms with Gasteiger partial charge in [-0.25, -0.2) is 4.98 Å². The van der Waals surface area contributed by atoms with Gasteiger partial charge in [-0.2, -0.15) is 13.2 Å². The second kappa shape index (κ2) is 9.65. The minimum absolute atomic E-state index is 0.00854. The van der Waals surface area contributed by atoms with Crippen LogP contribution in [-0.4, -0.2) is 31.8 Å². The number of pyridine rings is 1. The Labute approximate surface area is 185 Å². The van der Waals surface area contributed by atoms with Crippen LogP contribution in [0.3, 0.4) is 0 Å². The maximum Gasteiger partial charge on any atom is 0.433 e. The first-order chi connectivity index (χ1) is 15.2. The summed E-state index contributed by atoms with van der Waals surface area (Å²) in [5, 5.41) is 3.91. The molecule has 0 radical (unpaired) electrons. The summed E-state index contributed by atoms with van der Waals surface area (Å²) in [7, 11) is 3.10. The normalized spacial score (nSPS) is 12.6. The van der Waals surface area contributed by atoms with Crippen LogP contribution in [0.1, 0.15) is 31.0 Å². The quantitative estimate of drug-likeness (QED) is 0.458. The molecule has 5 nitrogen and oxygen atoms in total. The van der Waals surface area contributed by atoms with Gasteiger partial charge in [0, 0.05) is 23.1 Å². The molecule has 2 aromatic carbocycles. The number of hydrogen-bond donors (Lipinski definition) is 2. The molecule has 3 aromatic rings. The topological polar surface area (TPSA) is 69.4 Å². The summed E-state index contributed by atoms with van der Waals surface area (Å²) in [4.78, 5) is 4.05. The van der Waals surface area contributed by atoms with Crippen LogP contribution in [0.2, 0.25) is 0 Å². The van der Waals surface area contributed by atoms with Gasteiger partial charge in [-0.3, -0.25) is 0 Å². The zero-order valence-corrected chi connectivity index (χ0v) is 18.6. The molecule has 0 saturated heterocycles. The molecule has 1 heterocycles. The molecule has 3 N–H and O–H groups in total. The number of hydrogen-bond acceptors (Lipinski definition) is 5. The summed E-state index contributed by atoms with van der Waals surface area (Å²) >= 11 is 0. The first-order valence-corrected chi connectivity index (χ1v) is 10.4. The van der Waals surface area contributed by atoms with E-state index >= 15 is 0 Å². The molecule has 32 heavy (non-hydrogen) atoms. The molecule has 0 aliphatic carbocycles. The van der Waals surface area contributed by atoms with Crippen LogP contribution in [0.25, 0.3) is 22.0 Å². The Morgan fingerprint density at radius 3 is 2.50 bits per heavy atom. The minimum atomic E-state index is -4.56. The van der Waals surface area contributed by atoms with E-state index in [1.807, 2.05) is 25.1 Å². The van der Waals surface area contributed by atoms with Crippen LogP contribution in [-0.2, 0) is 6.18 Å². The maximum atomic E-state index is 13.6. The molecule has 0 saturated carbocycles. The van der Waals surface area contributed by atoms with Crippen LogP contribution in [0.5, 0.6) is 11.5 Å². The third-order valence-corrected chi connectivity index (χ3v) is 5.36. The Bertz CT molecular complexity index is 1100. The van der Waals surface area contributed by atoms with Gasteiger partial charge in [-0.15, -0.1) is 0 Å². The van der Waals surface area contributed by atoms with Gasteiger partial charge in [0.25, 0.3) is 0 Å². The van der Waals surface area contributed by atoms with Crippen molar-refractivity contribution < 1.29 is 22.6 Å². The summed E-state index contributed by atoms with van der Waals surface area (Å²) in [6, 6.07) is 10.1. The number of aryl methyl sites for hydroxylation is 1. The first kappa shape index (κ1) is 23.7. The molecule has 0 amide bonds. The number of ether oxygens (including phenoxy) is 2. The lowest BCUT2D eigenvalue weighted by molar-refractivity contribution is -0.141. The van der Waals surface area contributed by atoms with E-state index in [0.717, 1.165) is 24.5 Å². The number of alkyl halides is 3. The zero-order valence-electron chi connectivity index (χ0n) is 18.6. The average Bonchev–Trinajstić information content (AvgIpc) is 2.76. The molecule has 172 valence electrons. The van der Waals surface area contributed by atoms with Crippen molar-refractivity contribution in [1.82, 2.24) is 4.98 Å². The highest BCUT2D eigenvalue weighted by atomic mass is 19.4. The third-order valence-electron chi connectivity index (χ3n) is 5.36. The van der Waals surface area contributed by atoms with Crippen molar-refractivity contribution in [2.45, 2.75) is 38.9 Å². The van der Waals surface area contributed by atoms with Gasteiger partial charge < -0.3 is 20.5 Å².